The zero-order valence-corrected chi connectivity index (χ0v) is 9.47. The number of methoxy groups -OCH3 is 2. The fraction of sp³-hybridized carbons (Fsp3) is 0.333. The minimum atomic E-state index is 0.897. The monoisotopic (exact) mass is 205 g/mol. The van der Waals surface area contributed by atoms with Crippen molar-refractivity contribution in [1.29, 1.82) is 0 Å². The van der Waals surface area contributed by atoms with Gasteiger partial charge in [-0.2, -0.15) is 0 Å². The van der Waals surface area contributed by atoms with Crippen LogP contribution in [0, 0.1) is 13.8 Å². The van der Waals surface area contributed by atoms with E-state index in [2.05, 4.69) is 4.98 Å². The second kappa shape index (κ2) is 3.50. The second-order valence-electron chi connectivity index (χ2n) is 3.58. The van der Waals surface area contributed by atoms with Crippen molar-refractivity contribution < 1.29 is 9.47 Å². The molecule has 0 spiro atoms. The van der Waals surface area contributed by atoms with Crippen molar-refractivity contribution in [1.82, 2.24) is 4.98 Å². The maximum atomic E-state index is 5.42. The lowest BCUT2D eigenvalue weighted by molar-refractivity contribution is 0.405. The van der Waals surface area contributed by atoms with Crippen molar-refractivity contribution in [3.8, 4) is 11.5 Å². The first-order chi connectivity index (χ1) is 7.20. The molecule has 0 atom stereocenters. The summed E-state index contributed by atoms with van der Waals surface area (Å²) in [5.74, 6) is 1.82. The van der Waals surface area contributed by atoms with Crippen molar-refractivity contribution >= 4 is 10.9 Å². The average Bonchev–Trinajstić information content (AvgIpc) is 2.69. The summed E-state index contributed by atoms with van der Waals surface area (Å²) in [6.45, 7) is 4.08. The fourth-order valence-corrected chi connectivity index (χ4v) is 1.99. The van der Waals surface area contributed by atoms with Gasteiger partial charge in [0.25, 0.3) is 0 Å². The highest BCUT2D eigenvalue weighted by Gasteiger charge is 2.15. The van der Waals surface area contributed by atoms with Crippen LogP contribution in [0.3, 0.4) is 0 Å². The first kappa shape index (κ1) is 9.90. The van der Waals surface area contributed by atoms with Gasteiger partial charge in [0.15, 0.2) is 0 Å². The summed E-state index contributed by atoms with van der Waals surface area (Å²) in [6.07, 6.45) is 1.90. The molecule has 1 aromatic carbocycles. The highest BCUT2D eigenvalue weighted by Crippen LogP contribution is 2.38. The van der Waals surface area contributed by atoms with E-state index in [0.29, 0.717) is 0 Å². The molecule has 80 valence electrons. The van der Waals surface area contributed by atoms with Crippen LogP contribution >= 0.6 is 0 Å². The Morgan fingerprint density at radius 2 is 1.60 bits per heavy atom. The van der Waals surface area contributed by atoms with Gasteiger partial charge in [-0.05, 0) is 31.0 Å². The number of benzene rings is 1. The first-order valence-electron chi connectivity index (χ1n) is 4.89. The number of rotatable bonds is 2. The Balaban J connectivity index is 2.91. The Morgan fingerprint density at radius 3 is 2.20 bits per heavy atom. The maximum absolute atomic E-state index is 5.42. The van der Waals surface area contributed by atoms with E-state index in [-0.39, 0.29) is 0 Å². The Labute approximate surface area is 89.0 Å². The molecule has 1 heterocycles. The average molecular weight is 205 g/mol. The summed E-state index contributed by atoms with van der Waals surface area (Å²) in [6, 6.07) is 2.00. The molecule has 3 nitrogen and oxygen atoms in total. The molecule has 0 aliphatic carbocycles. The van der Waals surface area contributed by atoms with Crippen LogP contribution in [0.25, 0.3) is 10.9 Å². The van der Waals surface area contributed by atoms with E-state index in [4.69, 9.17) is 9.47 Å². The molecule has 1 aromatic heterocycles. The molecule has 0 saturated heterocycles. The number of ether oxygens (including phenoxy) is 2. The van der Waals surface area contributed by atoms with E-state index >= 15 is 0 Å². The molecule has 2 rings (SSSR count). The molecule has 0 fully saturated rings. The van der Waals surface area contributed by atoms with Gasteiger partial charge in [-0.3, -0.25) is 0 Å². The number of hydrogen-bond donors (Lipinski definition) is 1. The molecule has 0 bridgehead atoms. The van der Waals surface area contributed by atoms with Gasteiger partial charge in [-0.25, -0.2) is 0 Å². The summed E-state index contributed by atoms with van der Waals surface area (Å²) >= 11 is 0. The van der Waals surface area contributed by atoms with Gasteiger partial charge >= 0.3 is 0 Å². The third-order valence-corrected chi connectivity index (χ3v) is 2.87. The normalized spacial score (nSPS) is 10.7. The van der Waals surface area contributed by atoms with Crippen molar-refractivity contribution in [2.24, 2.45) is 0 Å². The van der Waals surface area contributed by atoms with Gasteiger partial charge in [-0.15, -0.1) is 0 Å². The minimum Gasteiger partial charge on any atom is -0.496 e. The van der Waals surface area contributed by atoms with Gasteiger partial charge in [0.1, 0.15) is 11.5 Å². The molecule has 3 heteroatoms. The Morgan fingerprint density at radius 1 is 1.00 bits per heavy atom. The van der Waals surface area contributed by atoms with Crippen LogP contribution in [-0.4, -0.2) is 19.2 Å². The lowest BCUT2D eigenvalue weighted by atomic mass is 10.0. The number of fused-ring (bicyclic) bond motifs is 1. The van der Waals surface area contributed by atoms with E-state index in [0.717, 1.165) is 33.5 Å². The standard InChI is InChI=1S/C12H15NO2/c1-7-8(2)12(15-4)10-9(5-6-13-10)11(7)14-3/h5-6,13H,1-4H3. The maximum Gasteiger partial charge on any atom is 0.146 e. The van der Waals surface area contributed by atoms with E-state index in [1.54, 1.807) is 14.2 Å². The molecule has 2 aromatic rings. The molecular formula is C12H15NO2. The van der Waals surface area contributed by atoms with Crippen LogP contribution < -0.4 is 9.47 Å². The summed E-state index contributed by atoms with van der Waals surface area (Å²) < 4.78 is 10.8. The lowest BCUT2D eigenvalue weighted by Crippen LogP contribution is -1.96. The van der Waals surface area contributed by atoms with E-state index in [1.807, 2.05) is 26.1 Å². The van der Waals surface area contributed by atoms with E-state index < -0.39 is 0 Å². The van der Waals surface area contributed by atoms with Gasteiger partial charge in [0, 0.05) is 11.6 Å². The first-order valence-corrected chi connectivity index (χ1v) is 4.89. The molecule has 0 aliphatic rings. The fourth-order valence-electron chi connectivity index (χ4n) is 1.99. The molecule has 0 saturated carbocycles. The Hall–Kier alpha value is -1.64. The highest BCUT2D eigenvalue weighted by molar-refractivity contribution is 5.93. The van der Waals surface area contributed by atoms with Gasteiger partial charge in [-0.1, -0.05) is 0 Å². The predicted octanol–water partition coefficient (Wildman–Crippen LogP) is 2.80. The summed E-state index contributed by atoms with van der Waals surface area (Å²) in [4.78, 5) is 3.18. The van der Waals surface area contributed by atoms with Crippen LogP contribution in [0.1, 0.15) is 11.1 Å². The van der Waals surface area contributed by atoms with Gasteiger partial charge < -0.3 is 14.5 Å². The zero-order valence-electron chi connectivity index (χ0n) is 9.47. The van der Waals surface area contributed by atoms with Crippen molar-refractivity contribution in [2.45, 2.75) is 13.8 Å². The van der Waals surface area contributed by atoms with Gasteiger partial charge in [0.05, 0.1) is 19.7 Å². The molecular weight excluding hydrogens is 190 g/mol. The third kappa shape index (κ3) is 1.27. The molecule has 1 N–H and O–H groups in total. The van der Waals surface area contributed by atoms with Crippen LogP contribution in [0.4, 0.5) is 0 Å². The zero-order chi connectivity index (χ0) is 11.0. The largest absolute Gasteiger partial charge is 0.496 e. The lowest BCUT2D eigenvalue weighted by Gasteiger charge is -2.13. The molecule has 15 heavy (non-hydrogen) atoms. The SMILES string of the molecule is COc1c(C)c(C)c(OC)c2[nH]ccc12. The van der Waals surface area contributed by atoms with Crippen LogP contribution in [0.5, 0.6) is 11.5 Å². The van der Waals surface area contributed by atoms with E-state index in [1.165, 1.54) is 0 Å². The van der Waals surface area contributed by atoms with E-state index in [9.17, 15) is 0 Å². The second-order valence-corrected chi connectivity index (χ2v) is 3.58. The summed E-state index contributed by atoms with van der Waals surface area (Å²) in [5.41, 5.74) is 3.24. The number of hydrogen-bond acceptors (Lipinski definition) is 2. The number of nitrogens with one attached hydrogen (secondary N) is 1. The van der Waals surface area contributed by atoms with Crippen molar-refractivity contribution in [3.63, 3.8) is 0 Å². The van der Waals surface area contributed by atoms with Crippen molar-refractivity contribution in [3.05, 3.63) is 23.4 Å². The molecule has 0 radical (unpaired) electrons. The predicted molar refractivity (Wildman–Crippen MR) is 60.9 cm³/mol. The third-order valence-electron chi connectivity index (χ3n) is 2.87. The quantitative estimate of drug-likeness (QED) is 0.818. The topological polar surface area (TPSA) is 34.2 Å². The Bertz CT molecular complexity index is 456. The summed E-state index contributed by atoms with van der Waals surface area (Å²) in [7, 11) is 3.38. The molecule has 0 unspecified atom stereocenters. The van der Waals surface area contributed by atoms with Crippen molar-refractivity contribution in [2.75, 3.05) is 14.2 Å². The van der Waals surface area contributed by atoms with Gasteiger partial charge in [0.2, 0.25) is 0 Å². The number of H-pyrrole nitrogens is 1. The van der Waals surface area contributed by atoms with Crippen LogP contribution in [0.2, 0.25) is 0 Å². The number of aromatic nitrogens is 1. The number of aromatic amines is 1. The molecule has 0 amide bonds. The molecule has 0 aliphatic heterocycles. The van der Waals surface area contributed by atoms with Crippen LogP contribution in [-0.2, 0) is 0 Å². The highest BCUT2D eigenvalue weighted by atomic mass is 16.5. The smallest absolute Gasteiger partial charge is 0.146 e. The minimum absolute atomic E-state index is 0.897. The Kier molecular flexibility index (Phi) is 2.31. The summed E-state index contributed by atoms with van der Waals surface area (Å²) in [5, 5.41) is 1.07. The van der Waals surface area contributed by atoms with Crippen LogP contribution in [0.15, 0.2) is 12.3 Å².